The summed E-state index contributed by atoms with van der Waals surface area (Å²) in [5.74, 6) is -3.00. The molecule has 9 heteroatoms. The van der Waals surface area contributed by atoms with Crippen molar-refractivity contribution in [1.82, 2.24) is 5.32 Å². The first-order valence-electron chi connectivity index (χ1n) is 10.6. The number of nitrogens with zero attached hydrogens (tertiary/aromatic N) is 1. The number of carbonyl (C=O) groups is 4. The van der Waals surface area contributed by atoms with E-state index in [9.17, 15) is 29.3 Å². The standard InChI is InChI=1S/C24H24N2O7/c1-5-19(27)25-24(16-11-10-14(13(3)4)12-18(16)33-20(28)6-2)22(29)15-8-7-9-17(26(31)32)21(15)23(24)30/h7-13H,5-6H2,1-4H3,(H,25,27). The molecule has 0 saturated carbocycles. The van der Waals surface area contributed by atoms with Crippen LogP contribution in [0.4, 0.5) is 5.69 Å². The highest BCUT2D eigenvalue weighted by atomic mass is 16.6. The third-order valence-electron chi connectivity index (χ3n) is 5.63. The minimum absolute atomic E-state index is 0.0348. The molecule has 0 saturated heterocycles. The lowest BCUT2D eigenvalue weighted by Gasteiger charge is -2.29. The molecule has 0 aromatic heterocycles. The van der Waals surface area contributed by atoms with Gasteiger partial charge in [0.15, 0.2) is 5.54 Å². The lowest BCUT2D eigenvalue weighted by Crippen LogP contribution is -2.54. The molecule has 1 aliphatic rings. The first kappa shape index (κ1) is 23.8. The van der Waals surface area contributed by atoms with Crippen LogP contribution < -0.4 is 10.1 Å². The van der Waals surface area contributed by atoms with Crippen LogP contribution in [0.2, 0.25) is 0 Å². The topological polar surface area (TPSA) is 133 Å². The first-order valence-corrected chi connectivity index (χ1v) is 10.6. The predicted molar refractivity (Wildman–Crippen MR) is 118 cm³/mol. The van der Waals surface area contributed by atoms with Crippen LogP contribution >= 0.6 is 0 Å². The maximum Gasteiger partial charge on any atom is 0.310 e. The first-order chi connectivity index (χ1) is 15.6. The number of nitro benzene ring substituents is 1. The fourth-order valence-corrected chi connectivity index (χ4v) is 3.82. The van der Waals surface area contributed by atoms with E-state index in [0.29, 0.717) is 0 Å². The Bertz CT molecular complexity index is 1190. The smallest absolute Gasteiger partial charge is 0.310 e. The molecule has 1 aliphatic carbocycles. The van der Waals surface area contributed by atoms with Gasteiger partial charge in [-0.05, 0) is 17.5 Å². The Kier molecular flexibility index (Phi) is 6.44. The van der Waals surface area contributed by atoms with E-state index in [1.807, 2.05) is 13.8 Å². The minimum atomic E-state index is -2.29. The second kappa shape index (κ2) is 8.93. The summed E-state index contributed by atoms with van der Waals surface area (Å²) >= 11 is 0. The van der Waals surface area contributed by atoms with Crippen molar-refractivity contribution in [2.45, 2.75) is 52.0 Å². The number of Topliss-reactive ketones (excluding diaryl/α,β-unsaturated/α-hetero) is 2. The third kappa shape index (κ3) is 3.90. The van der Waals surface area contributed by atoms with Crippen LogP contribution in [0.25, 0.3) is 0 Å². The van der Waals surface area contributed by atoms with Gasteiger partial charge in [0.1, 0.15) is 11.3 Å². The average Bonchev–Trinajstić information content (AvgIpc) is 3.01. The lowest BCUT2D eigenvalue weighted by molar-refractivity contribution is -0.385. The zero-order valence-corrected chi connectivity index (χ0v) is 18.8. The highest BCUT2D eigenvalue weighted by Gasteiger charge is 2.59. The van der Waals surface area contributed by atoms with E-state index in [2.05, 4.69) is 5.32 Å². The molecule has 2 aromatic carbocycles. The van der Waals surface area contributed by atoms with Gasteiger partial charge in [0.25, 0.3) is 5.69 Å². The fourth-order valence-electron chi connectivity index (χ4n) is 3.82. The van der Waals surface area contributed by atoms with Gasteiger partial charge in [-0.2, -0.15) is 0 Å². The summed E-state index contributed by atoms with van der Waals surface area (Å²) in [7, 11) is 0. The molecule has 3 rings (SSSR count). The predicted octanol–water partition coefficient (Wildman–Crippen LogP) is 3.83. The molecule has 172 valence electrons. The number of fused-ring (bicyclic) bond motifs is 1. The van der Waals surface area contributed by atoms with Gasteiger partial charge >= 0.3 is 5.97 Å². The Morgan fingerprint density at radius 3 is 2.36 bits per heavy atom. The van der Waals surface area contributed by atoms with E-state index in [-0.39, 0.29) is 41.2 Å². The van der Waals surface area contributed by atoms with Crippen molar-refractivity contribution in [3.05, 3.63) is 68.8 Å². The van der Waals surface area contributed by atoms with Gasteiger partial charge in [0.05, 0.1) is 4.92 Å². The van der Waals surface area contributed by atoms with Gasteiger partial charge in [-0.15, -0.1) is 0 Å². The summed E-state index contributed by atoms with van der Waals surface area (Å²) in [4.78, 5) is 63.0. The number of rotatable bonds is 7. The summed E-state index contributed by atoms with van der Waals surface area (Å²) in [5.41, 5.74) is -2.66. The van der Waals surface area contributed by atoms with Crippen molar-refractivity contribution in [1.29, 1.82) is 0 Å². The summed E-state index contributed by atoms with van der Waals surface area (Å²) in [6, 6.07) is 8.41. The summed E-state index contributed by atoms with van der Waals surface area (Å²) in [5, 5.41) is 14.1. The molecule has 0 heterocycles. The van der Waals surface area contributed by atoms with Crippen LogP contribution in [0.3, 0.4) is 0 Å². The van der Waals surface area contributed by atoms with Crippen molar-refractivity contribution in [3.63, 3.8) is 0 Å². The number of hydrogen-bond acceptors (Lipinski definition) is 7. The minimum Gasteiger partial charge on any atom is -0.426 e. The molecule has 1 atom stereocenters. The Morgan fingerprint density at radius 2 is 1.79 bits per heavy atom. The third-order valence-corrected chi connectivity index (χ3v) is 5.63. The van der Waals surface area contributed by atoms with Crippen LogP contribution in [0.5, 0.6) is 5.75 Å². The molecule has 33 heavy (non-hydrogen) atoms. The van der Waals surface area contributed by atoms with Crippen molar-refractivity contribution < 1.29 is 28.8 Å². The molecule has 1 N–H and O–H groups in total. The van der Waals surface area contributed by atoms with Crippen molar-refractivity contribution >= 4 is 29.1 Å². The molecule has 0 spiro atoms. The molecule has 0 fully saturated rings. The van der Waals surface area contributed by atoms with Crippen LogP contribution in [-0.2, 0) is 15.1 Å². The summed E-state index contributed by atoms with van der Waals surface area (Å²) < 4.78 is 5.48. The normalized spacial score (nSPS) is 17.1. The van der Waals surface area contributed by atoms with Crippen LogP contribution in [-0.4, -0.2) is 28.4 Å². The average molecular weight is 452 g/mol. The van der Waals surface area contributed by atoms with Gasteiger partial charge < -0.3 is 10.1 Å². The quantitative estimate of drug-likeness (QED) is 0.222. The number of nitrogens with one attached hydrogen (secondary N) is 1. The zero-order chi connectivity index (χ0) is 24.5. The number of ether oxygens (including phenoxy) is 1. The Hall–Kier alpha value is -3.88. The van der Waals surface area contributed by atoms with Gasteiger partial charge in [0, 0.05) is 30.0 Å². The maximum atomic E-state index is 13.8. The van der Waals surface area contributed by atoms with Crippen LogP contribution in [0.1, 0.15) is 78.3 Å². The zero-order valence-electron chi connectivity index (χ0n) is 18.8. The fraction of sp³-hybridized carbons (Fsp3) is 0.333. The van der Waals surface area contributed by atoms with Crippen LogP contribution in [0.15, 0.2) is 36.4 Å². The Balaban J connectivity index is 2.35. The highest BCUT2D eigenvalue weighted by molar-refractivity contribution is 6.35. The lowest BCUT2D eigenvalue weighted by atomic mass is 9.82. The van der Waals surface area contributed by atoms with Crippen molar-refractivity contribution in [3.8, 4) is 5.75 Å². The SMILES string of the molecule is CCC(=O)NC1(c2ccc(C(C)C)cc2OC(=O)CC)C(=O)c2cccc([N+](=O)[O-])c2C1=O. The largest absolute Gasteiger partial charge is 0.426 e. The van der Waals surface area contributed by atoms with Gasteiger partial charge in [0.2, 0.25) is 17.5 Å². The monoisotopic (exact) mass is 452 g/mol. The number of carbonyl (C=O) groups excluding carboxylic acids is 4. The molecule has 2 aromatic rings. The molecule has 0 bridgehead atoms. The number of nitro groups is 1. The molecular formula is C24H24N2O7. The van der Waals surface area contributed by atoms with E-state index in [1.165, 1.54) is 18.2 Å². The number of ketones is 2. The number of amides is 1. The molecule has 1 unspecified atom stereocenters. The Morgan fingerprint density at radius 1 is 1.09 bits per heavy atom. The van der Waals surface area contributed by atoms with Gasteiger partial charge in [-0.25, -0.2) is 0 Å². The van der Waals surface area contributed by atoms with E-state index < -0.39 is 39.6 Å². The van der Waals surface area contributed by atoms with Crippen molar-refractivity contribution in [2.24, 2.45) is 0 Å². The number of esters is 1. The molecule has 0 radical (unpaired) electrons. The summed E-state index contributed by atoms with van der Waals surface area (Å²) in [6.07, 6.45) is -0.0117. The Labute approximate surface area is 190 Å². The van der Waals surface area contributed by atoms with Gasteiger partial charge in [-0.1, -0.05) is 52.0 Å². The molecule has 0 aliphatic heterocycles. The number of hydrogen-bond donors (Lipinski definition) is 1. The molecular weight excluding hydrogens is 428 g/mol. The van der Waals surface area contributed by atoms with E-state index >= 15 is 0 Å². The second-order valence-electron chi connectivity index (χ2n) is 8.00. The van der Waals surface area contributed by atoms with E-state index in [1.54, 1.807) is 26.0 Å². The van der Waals surface area contributed by atoms with E-state index in [4.69, 9.17) is 4.74 Å². The maximum absolute atomic E-state index is 13.8. The molecule has 9 nitrogen and oxygen atoms in total. The molecule has 1 amide bonds. The van der Waals surface area contributed by atoms with Crippen LogP contribution in [0, 0.1) is 10.1 Å². The van der Waals surface area contributed by atoms with Gasteiger partial charge in [-0.3, -0.25) is 29.3 Å². The van der Waals surface area contributed by atoms with Crippen molar-refractivity contribution in [2.75, 3.05) is 0 Å². The number of benzene rings is 2. The second-order valence-corrected chi connectivity index (χ2v) is 8.00. The van der Waals surface area contributed by atoms with E-state index in [0.717, 1.165) is 11.6 Å². The summed E-state index contributed by atoms with van der Waals surface area (Å²) in [6.45, 7) is 6.97. The highest BCUT2D eigenvalue weighted by Crippen LogP contribution is 2.45.